The zero-order valence-corrected chi connectivity index (χ0v) is 16.5. The summed E-state index contributed by atoms with van der Waals surface area (Å²) in [5.41, 5.74) is -0.949. The highest BCUT2D eigenvalue weighted by atomic mass is 19.4. The number of nitrogens with one attached hydrogen (secondary N) is 1. The molecule has 2 rings (SSSR count). The van der Waals surface area contributed by atoms with Crippen LogP contribution < -0.4 is 19.5 Å². The van der Waals surface area contributed by atoms with Gasteiger partial charge in [0.25, 0.3) is 5.91 Å². The molecule has 2 aromatic rings. The molecule has 1 N–H and O–H groups in total. The van der Waals surface area contributed by atoms with Crippen molar-refractivity contribution in [3.63, 3.8) is 0 Å². The van der Waals surface area contributed by atoms with Crippen LogP contribution in [-0.2, 0) is 26.9 Å². The Morgan fingerprint density at radius 1 is 0.967 bits per heavy atom. The summed E-state index contributed by atoms with van der Waals surface area (Å²) in [5, 5.41) is 2.10. The van der Waals surface area contributed by atoms with Gasteiger partial charge in [0.15, 0.2) is 18.1 Å². The van der Waals surface area contributed by atoms with Crippen molar-refractivity contribution in [3.8, 4) is 17.2 Å². The van der Waals surface area contributed by atoms with E-state index in [-0.39, 0.29) is 6.42 Å². The van der Waals surface area contributed by atoms with E-state index in [4.69, 9.17) is 18.9 Å². The second kappa shape index (κ2) is 9.86. The van der Waals surface area contributed by atoms with Crippen molar-refractivity contribution in [2.75, 3.05) is 33.3 Å². The summed E-state index contributed by atoms with van der Waals surface area (Å²) in [6.45, 7) is -0.741. The monoisotopic (exact) mass is 427 g/mol. The number of halogens is 3. The van der Waals surface area contributed by atoms with E-state index in [2.05, 4.69) is 5.32 Å². The number of ether oxygens (including phenoxy) is 4. The van der Waals surface area contributed by atoms with Gasteiger partial charge in [0.1, 0.15) is 0 Å². The van der Waals surface area contributed by atoms with E-state index in [1.165, 1.54) is 33.5 Å². The van der Waals surface area contributed by atoms with Crippen LogP contribution in [-0.4, -0.2) is 39.8 Å². The first-order valence-corrected chi connectivity index (χ1v) is 8.60. The van der Waals surface area contributed by atoms with Crippen molar-refractivity contribution in [1.82, 2.24) is 0 Å². The van der Waals surface area contributed by atoms with Crippen LogP contribution in [0.15, 0.2) is 36.4 Å². The molecule has 0 heterocycles. The Balaban J connectivity index is 2.00. The minimum Gasteiger partial charge on any atom is -0.493 e. The predicted molar refractivity (Wildman–Crippen MR) is 101 cm³/mol. The van der Waals surface area contributed by atoms with Gasteiger partial charge in [-0.3, -0.25) is 9.59 Å². The Morgan fingerprint density at radius 2 is 1.57 bits per heavy atom. The second-order valence-electron chi connectivity index (χ2n) is 5.96. The highest BCUT2D eigenvalue weighted by Gasteiger charge is 2.33. The number of carbonyl (C=O) groups is 2. The predicted octanol–water partition coefficient (Wildman–Crippen LogP) is 3.46. The minimum absolute atomic E-state index is 0.219. The third-order valence-corrected chi connectivity index (χ3v) is 3.94. The van der Waals surface area contributed by atoms with E-state index >= 15 is 0 Å². The van der Waals surface area contributed by atoms with E-state index in [1.54, 1.807) is 12.1 Å². The Labute approximate surface area is 170 Å². The van der Waals surface area contributed by atoms with Crippen LogP contribution in [0.2, 0.25) is 0 Å². The first kappa shape index (κ1) is 22.9. The lowest BCUT2D eigenvalue weighted by molar-refractivity contribution is -0.146. The highest BCUT2D eigenvalue weighted by molar-refractivity contribution is 5.93. The zero-order valence-electron chi connectivity index (χ0n) is 16.5. The molecule has 0 saturated heterocycles. The second-order valence-corrected chi connectivity index (χ2v) is 5.96. The van der Waals surface area contributed by atoms with Gasteiger partial charge in [-0.05, 0) is 29.8 Å². The first-order valence-electron chi connectivity index (χ1n) is 8.60. The maximum atomic E-state index is 13.0. The van der Waals surface area contributed by atoms with Gasteiger partial charge >= 0.3 is 12.1 Å². The van der Waals surface area contributed by atoms with E-state index in [0.717, 1.165) is 12.1 Å². The standard InChI is InChI=1S/C20H20F3NO6/c1-27-15-8-12(9-16(28-2)19(15)29-3)10-18(26)30-11-17(25)24-14-7-5-4-6-13(14)20(21,22)23/h4-9H,10-11H2,1-3H3,(H,24,25). The van der Waals surface area contributed by atoms with Crippen LogP contribution >= 0.6 is 0 Å². The molecule has 0 atom stereocenters. The van der Waals surface area contributed by atoms with E-state index in [1.807, 2.05) is 0 Å². The van der Waals surface area contributed by atoms with Crippen molar-refractivity contribution < 1.29 is 41.7 Å². The number of methoxy groups -OCH3 is 3. The van der Waals surface area contributed by atoms with Crippen molar-refractivity contribution in [2.45, 2.75) is 12.6 Å². The number of rotatable bonds is 8. The van der Waals surface area contributed by atoms with Gasteiger partial charge in [-0.25, -0.2) is 0 Å². The summed E-state index contributed by atoms with van der Waals surface area (Å²) in [7, 11) is 4.27. The molecule has 0 aliphatic carbocycles. The van der Waals surface area contributed by atoms with Crippen LogP contribution in [0.4, 0.5) is 18.9 Å². The Kier molecular flexibility index (Phi) is 7.51. The summed E-state index contributed by atoms with van der Waals surface area (Å²) in [4.78, 5) is 24.0. The molecule has 0 radical (unpaired) electrons. The SMILES string of the molecule is COc1cc(CC(=O)OCC(=O)Nc2ccccc2C(F)(F)F)cc(OC)c1OC. The van der Waals surface area contributed by atoms with Crippen LogP contribution in [0.1, 0.15) is 11.1 Å². The van der Waals surface area contributed by atoms with E-state index < -0.39 is 35.9 Å². The molecular formula is C20H20F3NO6. The molecule has 162 valence electrons. The summed E-state index contributed by atoms with van der Waals surface area (Å²) < 4.78 is 59.3. The Bertz CT molecular complexity index is 889. The number of benzene rings is 2. The van der Waals surface area contributed by atoms with Crippen LogP contribution in [0.25, 0.3) is 0 Å². The van der Waals surface area contributed by atoms with E-state index in [0.29, 0.717) is 22.8 Å². The van der Waals surface area contributed by atoms with Crippen molar-refractivity contribution in [2.24, 2.45) is 0 Å². The fourth-order valence-electron chi connectivity index (χ4n) is 2.63. The van der Waals surface area contributed by atoms with Crippen molar-refractivity contribution in [1.29, 1.82) is 0 Å². The molecule has 0 aliphatic heterocycles. The summed E-state index contributed by atoms with van der Waals surface area (Å²) in [6.07, 6.45) is -4.85. The molecule has 1 amide bonds. The quantitative estimate of drug-likeness (QED) is 0.650. The number of hydrogen-bond acceptors (Lipinski definition) is 6. The Hall–Kier alpha value is -3.43. The van der Waals surface area contributed by atoms with Crippen LogP contribution in [0.3, 0.4) is 0 Å². The molecule has 0 aliphatic rings. The first-order chi connectivity index (χ1) is 14.2. The number of para-hydroxylation sites is 1. The molecule has 0 unspecified atom stereocenters. The van der Waals surface area contributed by atoms with Gasteiger partial charge < -0.3 is 24.3 Å². The van der Waals surface area contributed by atoms with Gasteiger partial charge in [-0.2, -0.15) is 13.2 Å². The van der Waals surface area contributed by atoms with Gasteiger partial charge in [0.05, 0.1) is 39.0 Å². The lowest BCUT2D eigenvalue weighted by atomic mass is 10.1. The molecular weight excluding hydrogens is 407 g/mol. The third kappa shape index (κ3) is 5.79. The third-order valence-electron chi connectivity index (χ3n) is 3.94. The maximum absolute atomic E-state index is 13.0. The average molecular weight is 427 g/mol. The average Bonchev–Trinajstić information content (AvgIpc) is 2.71. The lowest BCUT2D eigenvalue weighted by Crippen LogP contribution is -2.23. The number of alkyl halides is 3. The molecule has 0 fully saturated rings. The topological polar surface area (TPSA) is 83.1 Å². The number of esters is 1. The van der Waals surface area contributed by atoms with Gasteiger partial charge in [-0.1, -0.05) is 12.1 Å². The zero-order chi connectivity index (χ0) is 22.3. The molecule has 10 heteroatoms. The number of hydrogen-bond donors (Lipinski definition) is 1. The van der Waals surface area contributed by atoms with Gasteiger partial charge in [-0.15, -0.1) is 0 Å². The number of anilines is 1. The van der Waals surface area contributed by atoms with Crippen molar-refractivity contribution in [3.05, 3.63) is 47.5 Å². The van der Waals surface area contributed by atoms with Crippen molar-refractivity contribution >= 4 is 17.6 Å². The fraction of sp³-hybridized carbons (Fsp3) is 0.300. The lowest BCUT2D eigenvalue weighted by Gasteiger charge is -2.14. The summed E-state index contributed by atoms with van der Waals surface area (Å²) >= 11 is 0. The highest BCUT2D eigenvalue weighted by Crippen LogP contribution is 2.38. The minimum atomic E-state index is -4.63. The number of carbonyl (C=O) groups excluding carboxylic acids is 2. The van der Waals surface area contributed by atoms with E-state index in [9.17, 15) is 22.8 Å². The molecule has 0 spiro atoms. The summed E-state index contributed by atoms with van der Waals surface area (Å²) in [6, 6.07) is 7.59. The Morgan fingerprint density at radius 3 is 2.10 bits per heavy atom. The van der Waals surface area contributed by atoms with Crippen LogP contribution in [0.5, 0.6) is 17.2 Å². The normalized spacial score (nSPS) is 10.9. The maximum Gasteiger partial charge on any atom is 0.418 e. The smallest absolute Gasteiger partial charge is 0.418 e. The summed E-state index contributed by atoms with van der Waals surface area (Å²) in [5.74, 6) is -0.643. The van der Waals surface area contributed by atoms with Gasteiger partial charge in [0, 0.05) is 0 Å². The molecule has 7 nitrogen and oxygen atoms in total. The largest absolute Gasteiger partial charge is 0.493 e. The van der Waals surface area contributed by atoms with Crippen LogP contribution in [0, 0.1) is 0 Å². The molecule has 0 aromatic heterocycles. The molecule has 2 aromatic carbocycles. The molecule has 0 saturated carbocycles. The van der Waals surface area contributed by atoms with Gasteiger partial charge in [0.2, 0.25) is 5.75 Å². The fourth-order valence-corrected chi connectivity index (χ4v) is 2.63. The molecule has 0 bridgehead atoms. The molecule has 30 heavy (non-hydrogen) atoms. The number of amides is 1.